The van der Waals surface area contributed by atoms with Crippen LogP contribution in [0.2, 0.25) is 0 Å². The molecule has 1 aliphatic heterocycles. The SMILES string of the molecule is CC(=Cc1ccccc1)C=C1SC(=S)N(CCC(=O)Nc2cc(C)on2)C1=O. The Kier molecular flexibility index (Phi) is 6.43. The van der Waals surface area contributed by atoms with E-state index in [0.717, 1.165) is 11.1 Å². The van der Waals surface area contributed by atoms with Gasteiger partial charge in [0, 0.05) is 19.0 Å². The largest absolute Gasteiger partial charge is 0.360 e. The highest BCUT2D eigenvalue weighted by molar-refractivity contribution is 8.26. The summed E-state index contributed by atoms with van der Waals surface area (Å²) in [6.45, 7) is 3.89. The second-order valence-corrected chi connectivity index (χ2v) is 7.93. The van der Waals surface area contributed by atoms with Crippen LogP contribution < -0.4 is 5.32 Å². The van der Waals surface area contributed by atoms with Gasteiger partial charge in [0.25, 0.3) is 5.91 Å². The van der Waals surface area contributed by atoms with Gasteiger partial charge in [0.2, 0.25) is 5.91 Å². The number of nitrogens with zero attached hydrogens (tertiary/aromatic N) is 2. The number of benzene rings is 1. The first-order chi connectivity index (χ1) is 13.4. The van der Waals surface area contributed by atoms with Gasteiger partial charge in [0.15, 0.2) is 5.82 Å². The fourth-order valence-corrected chi connectivity index (χ4v) is 3.96. The van der Waals surface area contributed by atoms with E-state index in [1.54, 1.807) is 13.0 Å². The van der Waals surface area contributed by atoms with E-state index in [2.05, 4.69) is 10.5 Å². The Bertz CT molecular complexity index is 964. The minimum Gasteiger partial charge on any atom is -0.360 e. The third-order valence-electron chi connectivity index (χ3n) is 3.88. The summed E-state index contributed by atoms with van der Waals surface area (Å²) in [5, 5.41) is 6.34. The standard InChI is InChI=1S/C20H19N3O3S2/c1-13(10-15-6-4-3-5-7-15)11-16-19(25)23(20(27)28-16)9-8-18(24)21-17-12-14(2)26-22-17/h3-7,10-12H,8-9H2,1-2H3,(H,21,22,24). The summed E-state index contributed by atoms with van der Waals surface area (Å²) in [5.41, 5.74) is 2.01. The lowest BCUT2D eigenvalue weighted by atomic mass is 10.1. The highest BCUT2D eigenvalue weighted by atomic mass is 32.2. The third kappa shape index (κ3) is 5.17. The van der Waals surface area contributed by atoms with Gasteiger partial charge in [0.1, 0.15) is 10.1 Å². The number of aryl methyl sites for hydroxylation is 1. The number of hydrogen-bond donors (Lipinski definition) is 1. The topological polar surface area (TPSA) is 75.4 Å². The molecule has 2 heterocycles. The Balaban J connectivity index is 1.60. The average Bonchev–Trinajstić information content (AvgIpc) is 3.17. The van der Waals surface area contributed by atoms with Crippen LogP contribution in [-0.4, -0.2) is 32.7 Å². The molecule has 6 nitrogen and oxygen atoms in total. The third-order valence-corrected chi connectivity index (χ3v) is 5.26. The maximum Gasteiger partial charge on any atom is 0.266 e. The minimum absolute atomic E-state index is 0.116. The number of carbonyl (C=O) groups excluding carboxylic acids is 2. The molecule has 1 aromatic carbocycles. The van der Waals surface area contributed by atoms with Crippen LogP contribution in [0.1, 0.15) is 24.7 Å². The molecule has 144 valence electrons. The zero-order valence-electron chi connectivity index (χ0n) is 15.5. The molecule has 0 atom stereocenters. The first kappa shape index (κ1) is 20.0. The van der Waals surface area contributed by atoms with Gasteiger partial charge in [-0.25, -0.2) is 0 Å². The normalized spacial score (nSPS) is 16.1. The molecular weight excluding hydrogens is 394 g/mol. The molecule has 2 amide bonds. The van der Waals surface area contributed by atoms with Crippen LogP contribution in [0.5, 0.6) is 0 Å². The molecule has 1 N–H and O–H groups in total. The van der Waals surface area contributed by atoms with Crippen molar-refractivity contribution in [1.29, 1.82) is 0 Å². The van der Waals surface area contributed by atoms with Crippen LogP contribution in [-0.2, 0) is 9.59 Å². The summed E-state index contributed by atoms with van der Waals surface area (Å²) in [5.74, 6) is 0.526. The molecule has 1 aromatic heterocycles. The number of thiocarbonyl (C=S) groups is 1. The lowest BCUT2D eigenvalue weighted by Crippen LogP contribution is -2.31. The molecule has 0 spiro atoms. The Morgan fingerprint density at radius 3 is 2.79 bits per heavy atom. The van der Waals surface area contributed by atoms with E-state index < -0.39 is 0 Å². The average molecular weight is 414 g/mol. The van der Waals surface area contributed by atoms with Crippen molar-refractivity contribution in [3.63, 3.8) is 0 Å². The molecule has 0 aliphatic carbocycles. The van der Waals surface area contributed by atoms with E-state index in [9.17, 15) is 9.59 Å². The predicted molar refractivity (Wildman–Crippen MR) is 115 cm³/mol. The summed E-state index contributed by atoms with van der Waals surface area (Å²) in [7, 11) is 0. The Morgan fingerprint density at radius 2 is 2.11 bits per heavy atom. The summed E-state index contributed by atoms with van der Waals surface area (Å²) >= 11 is 6.56. The number of anilines is 1. The molecule has 0 unspecified atom stereocenters. The maximum absolute atomic E-state index is 12.6. The van der Waals surface area contributed by atoms with Gasteiger partial charge in [-0.2, -0.15) is 0 Å². The zero-order valence-corrected chi connectivity index (χ0v) is 17.1. The van der Waals surface area contributed by atoms with Crippen LogP contribution >= 0.6 is 24.0 Å². The molecule has 2 aromatic rings. The fourth-order valence-electron chi connectivity index (χ4n) is 2.60. The Morgan fingerprint density at radius 1 is 1.36 bits per heavy atom. The molecule has 0 saturated carbocycles. The van der Waals surface area contributed by atoms with Crippen molar-refractivity contribution in [2.45, 2.75) is 20.3 Å². The van der Waals surface area contributed by atoms with Crippen LogP contribution in [0, 0.1) is 6.92 Å². The van der Waals surface area contributed by atoms with Crippen molar-refractivity contribution in [3.8, 4) is 0 Å². The highest BCUT2D eigenvalue weighted by Crippen LogP contribution is 2.32. The van der Waals surface area contributed by atoms with Gasteiger partial charge in [-0.15, -0.1) is 0 Å². The summed E-state index contributed by atoms with van der Waals surface area (Å²) < 4.78 is 5.36. The second kappa shape index (κ2) is 8.99. The number of hydrogen-bond acceptors (Lipinski definition) is 6. The second-order valence-electron chi connectivity index (χ2n) is 6.25. The van der Waals surface area contributed by atoms with E-state index in [1.165, 1.54) is 16.7 Å². The number of carbonyl (C=O) groups is 2. The Labute approximate surface area is 172 Å². The van der Waals surface area contributed by atoms with Crippen molar-refractivity contribution in [1.82, 2.24) is 10.1 Å². The first-order valence-corrected chi connectivity index (χ1v) is 9.87. The van der Waals surface area contributed by atoms with Gasteiger partial charge >= 0.3 is 0 Å². The summed E-state index contributed by atoms with van der Waals surface area (Å²) in [6.07, 6.45) is 3.94. The number of allylic oxidation sites excluding steroid dienone is 2. The number of rotatable bonds is 6. The molecule has 1 aliphatic rings. The number of aromatic nitrogens is 1. The van der Waals surface area contributed by atoms with E-state index in [0.29, 0.717) is 20.8 Å². The molecule has 3 rings (SSSR count). The van der Waals surface area contributed by atoms with Crippen LogP contribution in [0.3, 0.4) is 0 Å². The molecule has 8 heteroatoms. The van der Waals surface area contributed by atoms with Gasteiger partial charge in [-0.05, 0) is 31.1 Å². The lowest BCUT2D eigenvalue weighted by Gasteiger charge is -2.13. The number of nitrogens with one attached hydrogen (secondary N) is 1. The zero-order chi connectivity index (χ0) is 20.1. The van der Waals surface area contributed by atoms with Crippen molar-refractivity contribution >= 4 is 52.0 Å². The first-order valence-electron chi connectivity index (χ1n) is 8.64. The monoisotopic (exact) mass is 413 g/mol. The van der Waals surface area contributed by atoms with Crippen molar-refractivity contribution in [3.05, 3.63) is 64.3 Å². The molecule has 0 radical (unpaired) electrons. The Hall–Kier alpha value is -2.71. The molecule has 28 heavy (non-hydrogen) atoms. The number of thioether (sulfide) groups is 1. The number of amides is 2. The fraction of sp³-hybridized carbons (Fsp3) is 0.200. The van der Waals surface area contributed by atoms with Crippen molar-refractivity contribution < 1.29 is 14.1 Å². The van der Waals surface area contributed by atoms with Gasteiger partial charge in [0.05, 0.1) is 4.91 Å². The minimum atomic E-state index is -0.258. The van der Waals surface area contributed by atoms with Crippen LogP contribution in [0.15, 0.2) is 57.5 Å². The van der Waals surface area contributed by atoms with E-state index in [4.69, 9.17) is 16.7 Å². The van der Waals surface area contributed by atoms with E-state index in [-0.39, 0.29) is 24.8 Å². The van der Waals surface area contributed by atoms with Crippen molar-refractivity contribution in [2.75, 3.05) is 11.9 Å². The lowest BCUT2D eigenvalue weighted by molar-refractivity contribution is -0.122. The van der Waals surface area contributed by atoms with Crippen LogP contribution in [0.25, 0.3) is 6.08 Å². The van der Waals surface area contributed by atoms with Gasteiger partial charge < -0.3 is 9.84 Å². The molecular formula is C20H19N3O3S2. The van der Waals surface area contributed by atoms with Gasteiger partial charge in [-0.1, -0.05) is 65.5 Å². The van der Waals surface area contributed by atoms with E-state index >= 15 is 0 Å². The summed E-state index contributed by atoms with van der Waals surface area (Å²) in [4.78, 5) is 26.7. The van der Waals surface area contributed by atoms with Crippen LogP contribution in [0.4, 0.5) is 5.82 Å². The van der Waals surface area contributed by atoms with Crippen molar-refractivity contribution in [2.24, 2.45) is 0 Å². The maximum atomic E-state index is 12.6. The molecule has 1 fully saturated rings. The van der Waals surface area contributed by atoms with E-state index in [1.807, 2.05) is 49.4 Å². The molecule has 0 bridgehead atoms. The smallest absolute Gasteiger partial charge is 0.266 e. The molecule has 1 saturated heterocycles. The quantitative estimate of drug-likeness (QED) is 0.566. The van der Waals surface area contributed by atoms with Gasteiger partial charge in [-0.3, -0.25) is 14.5 Å². The summed E-state index contributed by atoms with van der Waals surface area (Å²) in [6, 6.07) is 11.5. The highest BCUT2D eigenvalue weighted by Gasteiger charge is 2.32. The predicted octanol–water partition coefficient (Wildman–Crippen LogP) is 4.16.